The molecule has 0 saturated heterocycles. The number of benzene rings is 2. The van der Waals surface area contributed by atoms with Crippen molar-refractivity contribution in [3.63, 3.8) is 0 Å². The minimum Gasteiger partial charge on any atom is -0.454 e. The summed E-state index contributed by atoms with van der Waals surface area (Å²) in [5, 5.41) is 3.97. The number of anilines is 1. The predicted molar refractivity (Wildman–Crippen MR) is 93.8 cm³/mol. The Bertz CT molecular complexity index is 858. The van der Waals surface area contributed by atoms with Gasteiger partial charge < -0.3 is 14.8 Å². The van der Waals surface area contributed by atoms with E-state index in [-0.39, 0.29) is 12.7 Å². The van der Waals surface area contributed by atoms with Crippen molar-refractivity contribution in [1.29, 1.82) is 0 Å². The Balaban J connectivity index is 1.30. The summed E-state index contributed by atoms with van der Waals surface area (Å²) in [5.74, 6) is 1.38. The van der Waals surface area contributed by atoms with Gasteiger partial charge in [0.25, 0.3) is 0 Å². The van der Waals surface area contributed by atoms with Crippen molar-refractivity contribution in [2.24, 2.45) is 0 Å². The number of nitrogens with one attached hydrogen (secondary N) is 1. The number of nitrogens with zero attached hydrogens (tertiary/aromatic N) is 1. The van der Waals surface area contributed by atoms with Gasteiger partial charge in [-0.3, -0.25) is 4.79 Å². The Labute approximate surface area is 143 Å². The van der Waals surface area contributed by atoms with Crippen molar-refractivity contribution in [3.05, 3.63) is 47.5 Å². The summed E-state index contributed by atoms with van der Waals surface area (Å²) in [6, 6.07) is 13.5. The summed E-state index contributed by atoms with van der Waals surface area (Å²) in [4.78, 5) is 16.7. The van der Waals surface area contributed by atoms with E-state index in [9.17, 15) is 4.79 Å². The number of hydrogen-bond acceptors (Lipinski definition) is 5. The lowest BCUT2D eigenvalue weighted by Gasteiger charge is -2.05. The molecular formula is C18H16N2O3S. The van der Waals surface area contributed by atoms with Crippen LogP contribution in [0.1, 0.15) is 17.8 Å². The Morgan fingerprint density at radius 2 is 2.04 bits per heavy atom. The van der Waals surface area contributed by atoms with Gasteiger partial charge in [0.1, 0.15) is 0 Å². The van der Waals surface area contributed by atoms with Crippen molar-refractivity contribution in [3.8, 4) is 11.5 Å². The van der Waals surface area contributed by atoms with E-state index in [0.717, 1.165) is 29.1 Å². The molecule has 6 heteroatoms. The molecule has 5 nitrogen and oxygen atoms in total. The first-order valence-electron chi connectivity index (χ1n) is 7.82. The third-order valence-electron chi connectivity index (χ3n) is 3.79. The van der Waals surface area contributed by atoms with E-state index in [1.54, 1.807) is 23.5 Å². The molecule has 1 aromatic heterocycles. The summed E-state index contributed by atoms with van der Waals surface area (Å²) >= 11 is 1.69. The average molecular weight is 340 g/mol. The number of rotatable bonds is 5. The third-order valence-corrected chi connectivity index (χ3v) is 4.89. The molecule has 3 aromatic rings. The number of para-hydroxylation sites is 1. The van der Waals surface area contributed by atoms with Crippen LogP contribution in [0.15, 0.2) is 42.5 Å². The van der Waals surface area contributed by atoms with Gasteiger partial charge in [0.05, 0.1) is 15.2 Å². The van der Waals surface area contributed by atoms with Crippen LogP contribution in [-0.2, 0) is 11.2 Å². The second-order valence-corrected chi connectivity index (χ2v) is 6.66. The number of carbonyl (C=O) groups is 1. The van der Waals surface area contributed by atoms with Gasteiger partial charge >= 0.3 is 0 Å². The molecule has 2 aromatic carbocycles. The maximum Gasteiger partial charge on any atom is 0.231 e. The van der Waals surface area contributed by atoms with Gasteiger partial charge in [-0.15, -0.1) is 11.3 Å². The van der Waals surface area contributed by atoms with Crippen LogP contribution in [-0.4, -0.2) is 17.7 Å². The fraction of sp³-hybridized carbons (Fsp3) is 0.222. The van der Waals surface area contributed by atoms with E-state index in [2.05, 4.69) is 16.4 Å². The monoisotopic (exact) mass is 340 g/mol. The van der Waals surface area contributed by atoms with Crippen LogP contribution in [0.3, 0.4) is 0 Å². The van der Waals surface area contributed by atoms with Gasteiger partial charge in [-0.25, -0.2) is 4.98 Å². The molecule has 4 rings (SSSR count). The first-order valence-corrected chi connectivity index (χ1v) is 8.63. The lowest BCUT2D eigenvalue weighted by molar-refractivity contribution is -0.116. The molecule has 0 unspecified atom stereocenters. The van der Waals surface area contributed by atoms with Crippen molar-refractivity contribution in [2.75, 3.05) is 12.1 Å². The number of thiazole rings is 1. The van der Waals surface area contributed by atoms with Crippen LogP contribution >= 0.6 is 11.3 Å². The highest BCUT2D eigenvalue weighted by atomic mass is 32.1. The number of carbonyl (C=O) groups excluding carboxylic acids is 1. The molecule has 0 fully saturated rings. The first-order chi connectivity index (χ1) is 11.8. The molecule has 1 N–H and O–H groups in total. The second-order valence-electron chi connectivity index (χ2n) is 5.55. The van der Waals surface area contributed by atoms with Gasteiger partial charge in [-0.05, 0) is 37.1 Å². The fourth-order valence-corrected chi connectivity index (χ4v) is 3.63. The highest BCUT2D eigenvalue weighted by molar-refractivity contribution is 7.18. The molecule has 0 bridgehead atoms. The van der Waals surface area contributed by atoms with Gasteiger partial charge in [0, 0.05) is 18.2 Å². The zero-order chi connectivity index (χ0) is 16.4. The van der Waals surface area contributed by atoms with E-state index in [0.29, 0.717) is 17.9 Å². The Hall–Kier alpha value is -2.60. The number of hydrogen-bond donors (Lipinski definition) is 1. The van der Waals surface area contributed by atoms with Crippen molar-refractivity contribution in [2.45, 2.75) is 19.3 Å². The molecule has 0 aliphatic carbocycles. The molecule has 0 saturated carbocycles. The molecule has 1 aliphatic heterocycles. The van der Waals surface area contributed by atoms with Crippen molar-refractivity contribution < 1.29 is 14.3 Å². The molecule has 2 heterocycles. The normalized spacial score (nSPS) is 12.5. The van der Waals surface area contributed by atoms with Gasteiger partial charge in [0.15, 0.2) is 11.5 Å². The first kappa shape index (κ1) is 15.0. The van der Waals surface area contributed by atoms with Gasteiger partial charge in [-0.1, -0.05) is 12.1 Å². The van der Waals surface area contributed by atoms with E-state index < -0.39 is 0 Å². The Morgan fingerprint density at radius 3 is 2.96 bits per heavy atom. The molecule has 0 radical (unpaired) electrons. The number of fused-ring (bicyclic) bond motifs is 2. The van der Waals surface area contributed by atoms with Crippen molar-refractivity contribution >= 4 is 33.1 Å². The predicted octanol–water partition coefficient (Wildman–Crippen LogP) is 3.99. The van der Waals surface area contributed by atoms with E-state index in [1.807, 2.05) is 24.3 Å². The molecule has 1 amide bonds. The quantitative estimate of drug-likeness (QED) is 0.763. The smallest absolute Gasteiger partial charge is 0.231 e. The maximum absolute atomic E-state index is 12.1. The molecule has 1 aliphatic rings. The topological polar surface area (TPSA) is 60.5 Å². The highest BCUT2D eigenvalue weighted by Gasteiger charge is 2.14. The highest BCUT2D eigenvalue weighted by Crippen LogP contribution is 2.34. The molecule has 0 spiro atoms. The second kappa shape index (κ2) is 6.49. The molecule has 24 heavy (non-hydrogen) atoms. The fourth-order valence-electron chi connectivity index (χ4n) is 2.62. The Kier molecular flexibility index (Phi) is 4.04. The van der Waals surface area contributed by atoms with Crippen LogP contribution in [0.2, 0.25) is 0 Å². The minimum atomic E-state index is -0.00465. The van der Waals surface area contributed by atoms with Crippen LogP contribution in [0.25, 0.3) is 10.2 Å². The average Bonchev–Trinajstić information content (AvgIpc) is 3.20. The zero-order valence-electron chi connectivity index (χ0n) is 13.0. The molecular weight excluding hydrogens is 324 g/mol. The van der Waals surface area contributed by atoms with Gasteiger partial charge in [-0.2, -0.15) is 0 Å². The summed E-state index contributed by atoms with van der Waals surface area (Å²) in [6.45, 7) is 0.231. The van der Waals surface area contributed by atoms with Crippen LogP contribution in [0.5, 0.6) is 11.5 Å². The zero-order valence-corrected chi connectivity index (χ0v) is 13.8. The third kappa shape index (κ3) is 3.19. The number of amides is 1. The minimum absolute atomic E-state index is 0.00465. The van der Waals surface area contributed by atoms with Gasteiger partial charge in [0.2, 0.25) is 12.7 Å². The largest absolute Gasteiger partial charge is 0.454 e. The molecule has 122 valence electrons. The molecule has 0 atom stereocenters. The van der Waals surface area contributed by atoms with Crippen molar-refractivity contribution in [1.82, 2.24) is 4.98 Å². The number of aryl methyl sites for hydroxylation is 1. The van der Waals surface area contributed by atoms with Crippen LogP contribution in [0, 0.1) is 0 Å². The number of ether oxygens (including phenoxy) is 2. The summed E-state index contributed by atoms with van der Waals surface area (Å²) in [6.07, 6.45) is 2.05. The van der Waals surface area contributed by atoms with E-state index in [4.69, 9.17) is 9.47 Å². The lowest BCUT2D eigenvalue weighted by Crippen LogP contribution is -2.11. The van der Waals surface area contributed by atoms with E-state index >= 15 is 0 Å². The summed E-state index contributed by atoms with van der Waals surface area (Å²) in [5.41, 5.74) is 1.76. The Morgan fingerprint density at radius 1 is 1.17 bits per heavy atom. The van der Waals surface area contributed by atoms with Crippen LogP contribution in [0.4, 0.5) is 5.69 Å². The van der Waals surface area contributed by atoms with E-state index in [1.165, 1.54) is 4.70 Å². The lowest BCUT2D eigenvalue weighted by atomic mass is 10.2. The maximum atomic E-state index is 12.1. The standard InChI is InChI=1S/C18H16N2O3S/c21-17(19-12-8-9-14-15(10-12)23-11-22-14)6-3-7-18-20-13-4-1-2-5-16(13)24-18/h1-2,4-5,8-10H,3,6-7,11H2,(H,19,21). The summed E-state index contributed by atoms with van der Waals surface area (Å²) in [7, 11) is 0. The van der Waals surface area contributed by atoms with Crippen LogP contribution < -0.4 is 14.8 Å². The number of aromatic nitrogens is 1. The summed E-state index contributed by atoms with van der Waals surface area (Å²) < 4.78 is 11.8. The SMILES string of the molecule is O=C(CCCc1nc2ccccc2s1)Nc1ccc2c(c1)OCO2.